The number of β-amino-alcohol motifs (C(OH)–C–C–N with tert-alkyl or cyclic N) is 1. The van der Waals surface area contributed by atoms with Crippen LogP contribution < -0.4 is 5.32 Å². The van der Waals surface area contributed by atoms with Gasteiger partial charge in [0.15, 0.2) is 6.17 Å². The van der Waals surface area contributed by atoms with E-state index < -0.39 is 36.2 Å². The number of hydrogen-bond acceptors (Lipinski definition) is 6. The second kappa shape index (κ2) is 11.8. The lowest BCUT2D eigenvalue weighted by atomic mass is 9.82. The number of aromatic nitrogens is 1. The van der Waals surface area contributed by atoms with Gasteiger partial charge in [0, 0.05) is 18.7 Å². The third-order valence-corrected chi connectivity index (χ3v) is 9.37. The van der Waals surface area contributed by atoms with Crippen molar-refractivity contribution in [2.24, 2.45) is 5.92 Å². The predicted molar refractivity (Wildman–Crippen MR) is 164 cm³/mol. The first-order valence-corrected chi connectivity index (χ1v) is 15.5. The summed E-state index contributed by atoms with van der Waals surface area (Å²) in [6.07, 6.45) is -3.46. The van der Waals surface area contributed by atoms with Crippen molar-refractivity contribution < 1.29 is 23.9 Å². The Morgan fingerprint density at radius 1 is 1.19 bits per heavy atom. The molecule has 228 valence electrons. The molecule has 0 unspecified atom stereocenters. The van der Waals surface area contributed by atoms with E-state index in [0.29, 0.717) is 5.56 Å². The quantitative estimate of drug-likeness (QED) is 0.409. The van der Waals surface area contributed by atoms with Gasteiger partial charge in [-0.1, -0.05) is 65.0 Å². The van der Waals surface area contributed by atoms with Gasteiger partial charge in [-0.25, -0.2) is 9.37 Å². The summed E-state index contributed by atoms with van der Waals surface area (Å²) in [7, 11) is 0. The summed E-state index contributed by atoms with van der Waals surface area (Å²) in [6.45, 7) is 11.9. The molecule has 4 atom stereocenters. The summed E-state index contributed by atoms with van der Waals surface area (Å²) in [5, 5.41) is 13.3. The van der Waals surface area contributed by atoms with Gasteiger partial charge in [0.05, 0.1) is 22.6 Å². The minimum absolute atomic E-state index is 0.127. The van der Waals surface area contributed by atoms with Crippen LogP contribution in [0, 0.1) is 12.8 Å². The maximum absolute atomic E-state index is 15.4. The molecule has 0 spiro atoms. The molecule has 2 aliphatic heterocycles. The highest BCUT2D eigenvalue weighted by atomic mass is 32.1. The van der Waals surface area contributed by atoms with Crippen molar-refractivity contribution in [2.45, 2.75) is 84.4 Å². The van der Waals surface area contributed by atoms with E-state index in [1.807, 2.05) is 50.5 Å². The maximum atomic E-state index is 15.4. The molecule has 0 aliphatic carbocycles. The summed E-state index contributed by atoms with van der Waals surface area (Å²) >= 11 is 1.57. The minimum Gasteiger partial charge on any atom is -0.388 e. The second-order valence-electron chi connectivity index (χ2n) is 12.8. The summed E-state index contributed by atoms with van der Waals surface area (Å²) in [4.78, 5) is 48.8. The van der Waals surface area contributed by atoms with Crippen molar-refractivity contribution in [1.29, 1.82) is 0 Å². The number of aliphatic hydroxyl groups excluding tert-OH is 1. The first-order chi connectivity index (χ1) is 20.3. The zero-order valence-corrected chi connectivity index (χ0v) is 26.2. The van der Waals surface area contributed by atoms with Crippen LogP contribution in [-0.4, -0.2) is 68.5 Å². The zero-order chi connectivity index (χ0) is 31.2. The Hall–Kier alpha value is -3.63. The van der Waals surface area contributed by atoms with Crippen LogP contribution in [0.1, 0.15) is 67.4 Å². The highest BCUT2D eigenvalue weighted by Crippen LogP contribution is 2.34. The molecule has 2 N–H and O–H groups in total. The molecular weight excluding hydrogens is 567 g/mol. The number of aliphatic hydroxyl groups is 1. The Bertz CT molecular complexity index is 1550. The number of carbonyl (C=O) groups is 3. The highest BCUT2D eigenvalue weighted by molar-refractivity contribution is 7.13. The lowest BCUT2D eigenvalue weighted by Crippen LogP contribution is -2.56. The van der Waals surface area contributed by atoms with E-state index in [0.717, 1.165) is 37.7 Å². The van der Waals surface area contributed by atoms with Crippen LogP contribution >= 0.6 is 11.3 Å². The molecular formula is C33H39FN4O4S. The van der Waals surface area contributed by atoms with Gasteiger partial charge in [0.25, 0.3) is 5.91 Å². The van der Waals surface area contributed by atoms with Crippen LogP contribution in [-0.2, 0) is 28.1 Å². The molecule has 2 aromatic carbocycles. The molecule has 0 saturated carbocycles. The number of hydrogen-bond donors (Lipinski definition) is 2. The molecule has 1 saturated heterocycles. The van der Waals surface area contributed by atoms with E-state index in [-0.39, 0.29) is 36.9 Å². The molecule has 3 amide bonds. The predicted octanol–water partition coefficient (Wildman–Crippen LogP) is 4.62. The number of aryl methyl sites for hydroxylation is 1. The zero-order valence-electron chi connectivity index (χ0n) is 25.4. The normalized spacial score (nSPS) is 21.0. The Morgan fingerprint density at radius 2 is 1.91 bits per heavy atom. The summed E-state index contributed by atoms with van der Waals surface area (Å²) in [5.41, 5.74) is 6.81. The fraction of sp³-hybridized carbons (Fsp3) is 0.455. The van der Waals surface area contributed by atoms with Gasteiger partial charge < -0.3 is 20.2 Å². The molecule has 8 nitrogen and oxygen atoms in total. The van der Waals surface area contributed by atoms with Gasteiger partial charge in [-0.2, -0.15) is 0 Å². The van der Waals surface area contributed by atoms with E-state index in [9.17, 15) is 19.5 Å². The number of nitrogens with zero attached hydrogens (tertiary/aromatic N) is 3. The third kappa shape index (κ3) is 5.82. The van der Waals surface area contributed by atoms with Crippen LogP contribution in [0.4, 0.5) is 4.39 Å². The SMILES string of the molecule is Cc1ncsc1-c1ccc(CNC(=O)[C@@H]2[C@@H](F)[C@@H](O)CN2C(=O)[C@H](C(C)C)N2Cc3ccccc3C2=O)c(C(C)(C)C)c1. The number of likely N-dealkylation sites (tertiary alicyclic amines) is 1. The fourth-order valence-electron chi connectivity index (χ4n) is 6.20. The van der Waals surface area contributed by atoms with Crippen molar-refractivity contribution in [3.05, 3.63) is 75.9 Å². The Kier molecular flexibility index (Phi) is 8.46. The van der Waals surface area contributed by atoms with Crippen LogP contribution in [0.3, 0.4) is 0 Å². The number of rotatable bonds is 7. The summed E-state index contributed by atoms with van der Waals surface area (Å²) in [6, 6.07) is 10.8. The average Bonchev–Trinajstić information content (AvgIpc) is 3.62. The van der Waals surface area contributed by atoms with Crippen LogP contribution in [0.15, 0.2) is 48.0 Å². The molecule has 3 heterocycles. The minimum atomic E-state index is -1.96. The Labute approximate surface area is 255 Å². The largest absolute Gasteiger partial charge is 0.388 e. The van der Waals surface area contributed by atoms with E-state index in [1.165, 1.54) is 4.90 Å². The molecule has 0 bridgehead atoms. The van der Waals surface area contributed by atoms with Crippen molar-refractivity contribution in [2.75, 3.05) is 6.54 Å². The lowest BCUT2D eigenvalue weighted by molar-refractivity contribution is -0.144. The molecule has 1 aromatic heterocycles. The van der Waals surface area contributed by atoms with Gasteiger partial charge in [0.2, 0.25) is 11.8 Å². The molecule has 0 radical (unpaired) electrons. The lowest BCUT2D eigenvalue weighted by Gasteiger charge is -2.35. The topological polar surface area (TPSA) is 103 Å². The van der Waals surface area contributed by atoms with Gasteiger partial charge in [-0.05, 0) is 52.6 Å². The van der Waals surface area contributed by atoms with Crippen molar-refractivity contribution >= 4 is 29.1 Å². The summed E-state index contributed by atoms with van der Waals surface area (Å²) < 4.78 is 15.4. The van der Waals surface area contributed by atoms with E-state index >= 15 is 4.39 Å². The van der Waals surface area contributed by atoms with Crippen LogP contribution in [0.25, 0.3) is 10.4 Å². The van der Waals surface area contributed by atoms with Crippen LogP contribution in [0.2, 0.25) is 0 Å². The maximum Gasteiger partial charge on any atom is 0.255 e. The van der Waals surface area contributed by atoms with Crippen LogP contribution in [0.5, 0.6) is 0 Å². The van der Waals surface area contributed by atoms with Crippen molar-refractivity contribution in [1.82, 2.24) is 20.1 Å². The standard InChI is InChI=1S/C33H39FN4O4S/c1-18(2)27(37-15-22-9-7-8-10-23(22)31(37)41)32(42)38-16-25(39)26(34)28(38)30(40)35-14-21-12-11-20(13-24(21)33(4,5)6)29-19(3)36-17-43-29/h7-13,17-18,25-28,39H,14-16H2,1-6H3,(H,35,40)/t25-,26-,27-,28-/m0/s1. The van der Waals surface area contributed by atoms with E-state index in [4.69, 9.17) is 0 Å². The van der Waals surface area contributed by atoms with E-state index in [2.05, 4.69) is 37.1 Å². The first-order valence-electron chi connectivity index (χ1n) is 14.6. The number of fused-ring (bicyclic) bond motifs is 1. The smallest absolute Gasteiger partial charge is 0.255 e. The average molecular weight is 607 g/mol. The summed E-state index contributed by atoms with van der Waals surface area (Å²) in [5.74, 6) is -1.81. The van der Waals surface area contributed by atoms with Gasteiger partial charge in [0.1, 0.15) is 18.2 Å². The number of halogens is 1. The number of nitrogens with one attached hydrogen (secondary N) is 1. The number of alkyl halides is 1. The highest BCUT2D eigenvalue weighted by Gasteiger charge is 2.51. The molecule has 10 heteroatoms. The Morgan fingerprint density at radius 3 is 2.53 bits per heavy atom. The van der Waals surface area contributed by atoms with Crippen molar-refractivity contribution in [3.8, 4) is 10.4 Å². The molecule has 1 fully saturated rings. The number of carbonyl (C=O) groups excluding carboxylic acids is 3. The monoisotopic (exact) mass is 606 g/mol. The fourth-order valence-corrected chi connectivity index (χ4v) is 7.00. The van der Waals surface area contributed by atoms with Gasteiger partial charge >= 0.3 is 0 Å². The molecule has 3 aromatic rings. The second-order valence-corrected chi connectivity index (χ2v) is 13.7. The van der Waals surface area contributed by atoms with Crippen molar-refractivity contribution in [3.63, 3.8) is 0 Å². The Balaban J connectivity index is 1.37. The van der Waals surface area contributed by atoms with Gasteiger partial charge in [-0.3, -0.25) is 14.4 Å². The molecule has 2 aliphatic rings. The van der Waals surface area contributed by atoms with E-state index in [1.54, 1.807) is 23.5 Å². The number of amides is 3. The number of benzene rings is 2. The molecule has 5 rings (SSSR count). The van der Waals surface area contributed by atoms with Gasteiger partial charge in [-0.15, -0.1) is 11.3 Å². The third-order valence-electron chi connectivity index (χ3n) is 8.39. The molecule has 43 heavy (non-hydrogen) atoms. The first kappa shape index (κ1) is 30.8. The number of thiazole rings is 1.